The molecule has 3 aromatic carbocycles. The maximum Gasteiger partial charge on any atom is 0.260 e. The zero-order chi connectivity index (χ0) is 27.7. The second kappa shape index (κ2) is 13.3. The second-order valence-corrected chi connectivity index (χ2v) is 10.4. The van der Waals surface area contributed by atoms with E-state index in [9.17, 15) is 14.9 Å². The van der Waals surface area contributed by atoms with Crippen molar-refractivity contribution in [2.45, 2.75) is 25.7 Å². The molecule has 0 spiro atoms. The first-order valence-electron chi connectivity index (χ1n) is 14.1. The highest BCUT2D eigenvalue weighted by atomic mass is 16.5. The Labute approximate surface area is 235 Å². The van der Waals surface area contributed by atoms with Gasteiger partial charge in [-0.3, -0.25) is 9.59 Å². The summed E-state index contributed by atoms with van der Waals surface area (Å²) in [6, 6.07) is 25.2. The molecule has 0 radical (unpaired) electrons. The minimum absolute atomic E-state index is 0.0271. The van der Waals surface area contributed by atoms with Gasteiger partial charge in [0.05, 0.1) is 24.8 Å². The number of hydrogen-bond donors (Lipinski definition) is 0. The third-order valence-corrected chi connectivity index (χ3v) is 7.85. The standard InChI is InChI=1S/C33H35N3O4/c34-23-27-8-10-28(11-9-27)30-22-29(33(38)36-18-20-39-21-19-36)12-13-31(30)40-24-32(37)35-16-14-26(15-17-35)7-6-25-4-2-1-3-5-25/h1-5,8-13,22,26H,6-7,14-21,24H2. The van der Waals surface area contributed by atoms with E-state index >= 15 is 0 Å². The average molecular weight is 538 g/mol. The highest BCUT2D eigenvalue weighted by molar-refractivity contribution is 5.96. The first-order chi connectivity index (χ1) is 19.6. The quantitative estimate of drug-likeness (QED) is 0.406. The van der Waals surface area contributed by atoms with Gasteiger partial charge in [-0.15, -0.1) is 0 Å². The summed E-state index contributed by atoms with van der Waals surface area (Å²) in [5, 5.41) is 9.21. The first kappa shape index (κ1) is 27.4. The molecule has 2 aliphatic heterocycles. The number of amides is 2. The molecule has 40 heavy (non-hydrogen) atoms. The van der Waals surface area contributed by atoms with Crippen molar-refractivity contribution in [1.29, 1.82) is 5.26 Å². The van der Waals surface area contributed by atoms with E-state index < -0.39 is 0 Å². The molecule has 0 bridgehead atoms. The van der Waals surface area contributed by atoms with Crippen LogP contribution < -0.4 is 4.74 Å². The van der Waals surface area contributed by atoms with E-state index in [0.29, 0.717) is 49.1 Å². The number of hydrogen-bond acceptors (Lipinski definition) is 5. The number of nitriles is 1. The Hall–Kier alpha value is -4.15. The topological polar surface area (TPSA) is 82.9 Å². The smallest absolute Gasteiger partial charge is 0.260 e. The van der Waals surface area contributed by atoms with Gasteiger partial charge in [-0.25, -0.2) is 0 Å². The third-order valence-electron chi connectivity index (χ3n) is 7.85. The van der Waals surface area contributed by atoms with E-state index in [4.69, 9.17) is 9.47 Å². The van der Waals surface area contributed by atoms with Crippen molar-refractivity contribution in [2.75, 3.05) is 46.0 Å². The number of ether oxygens (including phenoxy) is 2. The molecule has 0 unspecified atom stereocenters. The number of morpholine rings is 1. The van der Waals surface area contributed by atoms with Crippen molar-refractivity contribution in [3.63, 3.8) is 0 Å². The Balaban J connectivity index is 1.22. The number of benzene rings is 3. The van der Waals surface area contributed by atoms with E-state index in [0.717, 1.165) is 49.9 Å². The maximum absolute atomic E-state index is 13.1. The lowest BCUT2D eigenvalue weighted by atomic mass is 9.90. The fourth-order valence-electron chi connectivity index (χ4n) is 5.41. The van der Waals surface area contributed by atoms with Crippen LogP contribution in [0.15, 0.2) is 72.8 Å². The van der Waals surface area contributed by atoms with Crippen LogP contribution in [-0.2, 0) is 16.0 Å². The number of likely N-dealkylation sites (tertiary alicyclic amines) is 1. The molecule has 0 N–H and O–H groups in total. The van der Waals surface area contributed by atoms with Crippen LogP contribution in [0.2, 0.25) is 0 Å². The summed E-state index contributed by atoms with van der Waals surface area (Å²) < 4.78 is 11.5. The molecule has 3 aromatic rings. The number of nitrogens with zero attached hydrogens (tertiary/aromatic N) is 3. The summed E-state index contributed by atoms with van der Waals surface area (Å²) in [6.45, 7) is 3.61. The van der Waals surface area contributed by atoms with Crippen LogP contribution in [0.5, 0.6) is 5.75 Å². The van der Waals surface area contributed by atoms with E-state index in [1.54, 1.807) is 29.2 Å². The van der Waals surface area contributed by atoms with E-state index in [1.165, 1.54) is 5.56 Å². The highest BCUT2D eigenvalue weighted by Crippen LogP contribution is 2.32. The van der Waals surface area contributed by atoms with Gasteiger partial charge in [0, 0.05) is 37.3 Å². The van der Waals surface area contributed by atoms with Crippen LogP contribution in [0.1, 0.15) is 40.7 Å². The van der Waals surface area contributed by atoms with E-state index in [1.807, 2.05) is 29.2 Å². The summed E-state index contributed by atoms with van der Waals surface area (Å²) in [4.78, 5) is 29.9. The molecular formula is C33H35N3O4. The Bertz CT molecular complexity index is 1340. The van der Waals surface area contributed by atoms with Gasteiger partial charge in [-0.2, -0.15) is 5.26 Å². The normalized spacial score (nSPS) is 15.9. The van der Waals surface area contributed by atoms with Crippen molar-refractivity contribution in [2.24, 2.45) is 5.92 Å². The zero-order valence-electron chi connectivity index (χ0n) is 22.8. The van der Waals surface area contributed by atoms with Crippen LogP contribution in [0, 0.1) is 17.2 Å². The van der Waals surface area contributed by atoms with Crippen molar-refractivity contribution in [3.05, 3.63) is 89.5 Å². The summed E-state index contributed by atoms with van der Waals surface area (Å²) in [5.74, 6) is 1.08. The third kappa shape index (κ3) is 6.88. The predicted molar refractivity (Wildman–Crippen MR) is 153 cm³/mol. The van der Waals surface area contributed by atoms with Gasteiger partial charge in [-0.05, 0) is 73.1 Å². The zero-order valence-corrected chi connectivity index (χ0v) is 22.8. The fraction of sp³-hybridized carbons (Fsp3) is 0.364. The first-order valence-corrected chi connectivity index (χ1v) is 14.1. The molecule has 0 atom stereocenters. The number of piperidine rings is 1. The van der Waals surface area contributed by atoms with Crippen LogP contribution in [0.25, 0.3) is 11.1 Å². The molecule has 0 aliphatic carbocycles. The summed E-state index contributed by atoms with van der Waals surface area (Å²) >= 11 is 0. The molecule has 2 heterocycles. The predicted octanol–water partition coefficient (Wildman–Crippen LogP) is 4.95. The van der Waals surface area contributed by atoms with Crippen molar-refractivity contribution in [1.82, 2.24) is 9.80 Å². The van der Waals surface area contributed by atoms with Crippen molar-refractivity contribution in [3.8, 4) is 22.9 Å². The monoisotopic (exact) mass is 537 g/mol. The van der Waals surface area contributed by atoms with Gasteiger partial charge in [-0.1, -0.05) is 42.5 Å². The Morgan fingerprint density at radius 3 is 2.33 bits per heavy atom. The molecule has 0 saturated carbocycles. The molecule has 7 heteroatoms. The SMILES string of the molecule is N#Cc1ccc(-c2cc(C(=O)N3CCOCC3)ccc2OCC(=O)N2CCC(CCc3ccccc3)CC2)cc1. The molecule has 2 saturated heterocycles. The lowest BCUT2D eigenvalue weighted by molar-refractivity contribution is -0.134. The lowest BCUT2D eigenvalue weighted by Crippen LogP contribution is -2.41. The van der Waals surface area contributed by atoms with Gasteiger partial charge in [0.1, 0.15) is 5.75 Å². The van der Waals surface area contributed by atoms with Gasteiger partial charge < -0.3 is 19.3 Å². The molecule has 0 aromatic heterocycles. The van der Waals surface area contributed by atoms with Crippen LogP contribution >= 0.6 is 0 Å². The highest BCUT2D eigenvalue weighted by Gasteiger charge is 2.24. The maximum atomic E-state index is 13.1. The molecule has 206 valence electrons. The second-order valence-electron chi connectivity index (χ2n) is 10.4. The molecule has 5 rings (SSSR count). The van der Waals surface area contributed by atoms with E-state index in [2.05, 4.69) is 30.3 Å². The number of rotatable bonds is 8. The van der Waals surface area contributed by atoms with Crippen LogP contribution in [0.4, 0.5) is 0 Å². The Kier molecular flexibility index (Phi) is 9.10. The summed E-state index contributed by atoms with van der Waals surface area (Å²) in [5.41, 5.74) is 4.00. The van der Waals surface area contributed by atoms with Gasteiger partial charge in [0.15, 0.2) is 6.61 Å². The average Bonchev–Trinajstić information content (AvgIpc) is 3.03. The molecule has 7 nitrogen and oxygen atoms in total. The number of carbonyl (C=O) groups is 2. The van der Waals surface area contributed by atoms with Crippen molar-refractivity contribution >= 4 is 11.8 Å². The Morgan fingerprint density at radius 1 is 0.900 bits per heavy atom. The molecule has 2 aliphatic rings. The number of aryl methyl sites for hydroxylation is 1. The molecule has 2 amide bonds. The Morgan fingerprint density at radius 2 is 1.62 bits per heavy atom. The van der Waals surface area contributed by atoms with Crippen molar-refractivity contribution < 1.29 is 19.1 Å². The van der Waals surface area contributed by atoms with E-state index in [-0.39, 0.29) is 18.4 Å². The van der Waals surface area contributed by atoms with Crippen LogP contribution in [0.3, 0.4) is 0 Å². The molecular weight excluding hydrogens is 502 g/mol. The summed E-state index contributed by atoms with van der Waals surface area (Å²) in [7, 11) is 0. The van der Waals surface area contributed by atoms with Gasteiger partial charge >= 0.3 is 0 Å². The largest absolute Gasteiger partial charge is 0.483 e. The van der Waals surface area contributed by atoms with Crippen LogP contribution in [-0.4, -0.2) is 67.6 Å². The number of carbonyl (C=O) groups excluding carboxylic acids is 2. The lowest BCUT2D eigenvalue weighted by Gasteiger charge is -2.32. The summed E-state index contributed by atoms with van der Waals surface area (Å²) in [6.07, 6.45) is 4.23. The molecule has 2 fully saturated rings. The minimum atomic E-state index is -0.0608. The fourth-order valence-corrected chi connectivity index (χ4v) is 5.41. The minimum Gasteiger partial charge on any atom is -0.483 e. The van der Waals surface area contributed by atoms with Gasteiger partial charge in [0.2, 0.25) is 0 Å². The van der Waals surface area contributed by atoms with Gasteiger partial charge in [0.25, 0.3) is 11.8 Å².